The van der Waals surface area contributed by atoms with Crippen molar-refractivity contribution in [3.05, 3.63) is 40.8 Å². The van der Waals surface area contributed by atoms with Crippen LogP contribution in [0.1, 0.15) is 29.6 Å². The normalized spacial score (nSPS) is 12.0. The lowest BCUT2D eigenvalue weighted by Gasteiger charge is -2.13. The zero-order valence-corrected chi connectivity index (χ0v) is 12.8. The predicted molar refractivity (Wildman–Crippen MR) is 82.4 cm³/mol. The van der Waals surface area contributed by atoms with Crippen LogP contribution in [-0.2, 0) is 6.42 Å². The van der Waals surface area contributed by atoms with Crippen LogP contribution in [0.3, 0.4) is 0 Å². The third-order valence-corrected chi connectivity index (χ3v) is 2.99. The number of aromatic nitrogens is 3. The van der Waals surface area contributed by atoms with Crippen molar-refractivity contribution >= 4 is 11.8 Å². The number of rotatable bonds is 4. The Morgan fingerprint density at radius 3 is 2.67 bits per heavy atom. The summed E-state index contributed by atoms with van der Waals surface area (Å²) in [4.78, 5) is 16.2. The fourth-order valence-electron chi connectivity index (χ4n) is 2.23. The van der Waals surface area contributed by atoms with Crippen LogP contribution in [0, 0.1) is 20.8 Å². The molecule has 0 aliphatic rings. The van der Waals surface area contributed by atoms with Gasteiger partial charge in [-0.2, -0.15) is 5.10 Å². The predicted octanol–water partition coefficient (Wildman–Crippen LogP) is 2.48. The summed E-state index contributed by atoms with van der Waals surface area (Å²) in [5, 5.41) is 12.7. The van der Waals surface area contributed by atoms with E-state index in [0.717, 1.165) is 22.6 Å². The lowest BCUT2D eigenvalue weighted by Crippen LogP contribution is -2.37. The number of pyridine rings is 1. The molecule has 0 aliphatic carbocycles. The van der Waals surface area contributed by atoms with Crippen LogP contribution in [-0.4, -0.2) is 27.3 Å². The molecule has 0 bridgehead atoms. The minimum atomic E-state index is -0.257. The number of hydrogen-bond acceptors (Lipinski definition) is 3. The van der Waals surface area contributed by atoms with Crippen molar-refractivity contribution in [2.45, 2.75) is 40.2 Å². The van der Waals surface area contributed by atoms with Gasteiger partial charge in [-0.3, -0.25) is 10.4 Å². The highest BCUT2D eigenvalue weighted by Crippen LogP contribution is 2.09. The number of amides is 2. The summed E-state index contributed by atoms with van der Waals surface area (Å²) in [6.07, 6.45) is 0.679. The molecule has 6 heteroatoms. The van der Waals surface area contributed by atoms with E-state index in [1.807, 2.05) is 45.9 Å². The summed E-state index contributed by atoms with van der Waals surface area (Å²) in [7, 11) is 0. The first-order valence-electron chi connectivity index (χ1n) is 6.96. The molecule has 2 amide bonds. The Morgan fingerprint density at radius 1 is 1.29 bits per heavy atom. The van der Waals surface area contributed by atoms with Crippen molar-refractivity contribution in [3.63, 3.8) is 0 Å². The van der Waals surface area contributed by atoms with Gasteiger partial charge >= 0.3 is 6.03 Å². The smallest absolute Gasteiger partial charge is 0.320 e. The molecule has 0 saturated carbocycles. The minimum absolute atomic E-state index is 0.0152. The number of aryl methyl sites for hydroxylation is 3. The van der Waals surface area contributed by atoms with Crippen molar-refractivity contribution in [3.8, 4) is 0 Å². The van der Waals surface area contributed by atoms with Gasteiger partial charge in [0, 0.05) is 23.9 Å². The van der Waals surface area contributed by atoms with E-state index in [9.17, 15) is 4.79 Å². The van der Waals surface area contributed by atoms with E-state index >= 15 is 0 Å². The minimum Gasteiger partial charge on any atom is -0.335 e. The van der Waals surface area contributed by atoms with Gasteiger partial charge in [-0.25, -0.2) is 9.78 Å². The first-order chi connectivity index (χ1) is 9.92. The summed E-state index contributed by atoms with van der Waals surface area (Å²) in [6.45, 7) is 7.77. The van der Waals surface area contributed by atoms with Gasteiger partial charge in [-0.05, 0) is 51.5 Å². The molecule has 21 heavy (non-hydrogen) atoms. The topological polar surface area (TPSA) is 82.7 Å². The Hall–Kier alpha value is -2.37. The highest BCUT2D eigenvalue weighted by atomic mass is 16.2. The number of hydrogen-bond donors (Lipinski definition) is 3. The lowest BCUT2D eigenvalue weighted by molar-refractivity contribution is 0.249. The molecule has 2 heterocycles. The van der Waals surface area contributed by atoms with Crippen LogP contribution in [0.2, 0.25) is 0 Å². The van der Waals surface area contributed by atoms with Crippen molar-refractivity contribution in [1.82, 2.24) is 20.5 Å². The molecule has 6 nitrogen and oxygen atoms in total. The van der Waals surface area contributed by atoms with E-state index in [1.54, 1.807) is 0 Å². The first-order valence-corrected chi connectivity index (χ1v) is 6.96. The van der Waals surface area contributed by atoms with E-state index in [1.165, 1.54) is 0 Å². The second-order valence-electron chi connectivity index (χ2n) is 5.42. The first kappa shape index (κ1) is 15.0. The van der Waals surface area contributed by atoms with Gasteiger partial charge in [0.1, 0.15) is 5.82 Å². The zero-order valence-electron chi connectivity index (χ0n) is 12.8. The van der Waals surface area contributed by atoms with Crippen LogP contribution in [0.5, 0.6) is 0 Å². The Morgan fingerprint density at radius 2 is 2.05 bits per heavy atom. The summed E-state index contributed by atoms with van der Waals surface area (Å²) >= 11 is 0. The van der Waals surface area contributed by atoms with Crippen LogP contribution in [0.15, 0.2) is 18.2 Å². The van der Waals surface area contributed by atoms with Crippen molar-refractivity contribution in [1.29, 1.82) is 0 Å². The molecule has 0 aliphatic heterocycles. The van der Waals surface area contributed by atoms with Crippen LogP contribution >= 0.6 is 0 Å². The monoisotopic (exact) mass is 287 g/mol. The number of H-pyrrole nitrogens is 1. The standard InChI is InChI=1S/C15H21N5O/c1-9-5-10(2)16-14(6-9)18-15(21)17-11(3)7-13-8-12(4)19-20-13/h5-6,8,11H,7H2,1-4H3,(H,19,20)(H2,16,17,18,21)/t11-/m1/s1. The number of carbonyl (C=O) groups is 1. The Balaban J connectivity index is 1.88. The van der Waals surface area contributed by atoms with Crippen molar-refractivity contribution in [2.24, 2.45) is 0 Å². The van der Waals surface area contributed by atoms with Crippen molar-refractivity contribution < 1.29 is 4.79 Å². The largest absolute Gasteiger partial charge is 0.335 e. The summed E-state index contributed by atoms with van der Waals surface area (Å²) in [6, 6.07) is 5.51. The van der Waals surface area contributed by atoms with Gasteiger partial charge in [0.15, 0.2) is 0 Å². The third kappa shape index (κ3) is 4.59. The van der Waals surface area contributed by atoms with Gasteiger partial charge in [0.25, 0.3) is 0 Å². The van der Waals surface area contributed by atoms with Gasteiger partial charge in [0.05, 0.1) is 5.69 Å². The van der Waals surface area contributed by atoms with Crippen LogP contribution < -0.4 is 10.6 Å². The molecule has 3 N–H and O–H groups in total. The number of nitrogens with zero attached hydrogens (tertiary/aromatic N) is 2. The summed E-state index contributed by atoms with van der Waals surface area (Å²) < 4.78 is 0. The van der Waals surface area contributed by atoms with Crippen LogP contribution in [0.4, 0.5) is 10.6 Å². The van der Waals surface area contributed by atoms with Gasteiger partial charge < -0.3 is 5.32 Å². The van der Waals surface area contributed by atoms with E-state index in [0.29, 0.717) is 12.2 Å². The SMILES string of the molecule is Cc1cc(C)nc(NC(=O)N[C@H](C)Cc2cc(C)[nH]n2)c1. The van der Waals surface area contributed by atoms with Crippen LogP contribution in [0.25, 0.3) is 0 Å². The number of carbonyl (C=O) groups excluding carboxylic acids is 1. The summed E-state index contributed by atoms with van der Waals surface area (Å²) in [5.41, 5.74) is 3.90. The highest BCUT2D eigenvalue weighted by molar-refractivity contribution is 5.88. The van der Waals surface area contributed by atoms with Gasteiger partial charge in [0.2, 0.25) is 0 Å². The molecule has 2 aromatic rings. The van der Waals surface area contributed by atoms with Crippen molar-refractivity contribution in [2.75, 3.05) is 5.32 Å². The molecule has 0 saturated heterocycles. The Labute approximate surface area is 124 Å². The fourth-order valence-corrected chi connectivity index (χ4v) is 2.23. The molecule has 112 valence electrons. The molecule has 0 spiro atoms. The Bertz CT molecular complexity index is 614. The number of nitrogens with one attached hydrogen (secondary N) is 3. The Kier molecular flexibility index (Phi) is 4.57. The number of aromatic amines is 1. The maximum absolute atomic E-state index is 12.0. The molecular formula is C15H21N5O. The number of urea groups is 1. The average Bonchev–Trinajstić information content (AvgIpc) is 2.72. The molecule has 0 unspecified atom stereocenters. The van der Waals surface area contributed by atoms with E-state index < -0.39 is 0 Å². The van der Waals surface area contributed by atoms with E-state index in [-0.39, 0.29) is 12.1 Å². The third-order valence-electron chi connectivity index (χ3n) is 2.99. The van der Waals surface area contributed by atoms with E-state index in [2.05, 4.69) is 25.8 Å². The zero-order chi connectivity index (χ0) is 15.4. The van der Waals surface area contributed by atoms with Gasteiger partial charge in [-0.1, -0.05) is 0 Å². The summed E-state index contributed by atoms with van der Waals surface area (Å²) in [5.74, 6) is 0.563. The average molecular weight is 287 g/mol. The second-order valence-corrected chi connectivity index (χ2v) is 5.42. The maximum Gasteiger partial charge on any atom is 0.320 e. The maximum atomic E-state index is 12.0. The molecule has 2 aromatic heterocycles. The van der Waals surface area contributed by atoms with E-state index in [4.69, 9.17) is 0 Å². The molecule has 2 rings (SSSR count). The molecule has 0 aromatic carbocycles. The quantitative estimate of drug-likeness (QED) is 0.808. The second kappa shape index (κ2) is 6.39. The molecule has 0 radical (unpaired) electrons. The number of anilines is 1. The fraction of sp³-hybridized carbons (Fsp3) is 0.400. The molecule has 1 atom stereocenters. The lowest BCUT2D eigenvalue weighted by atomic mass is 10.2. The van der Waals surface area contributed by atoms with Gasteiger partial charge in [-0.15, -0.1) is 0 Å². The molecule has 0 fully saturated rings. The highest BCUT2D eigenvalue weighted by Gasteiger charge is 2.10. The molecular weight excluding hydrogens is 266 g/mol.